The molecule has 1 aromatic carbocycles. The van der Waals surface area contributed by atoms with E-state index in [4.69, 9.17) is 10.00 Å². The number of nitrogens with one attached hydrogen (secondary N) is 1. The van der Waals surface area contributed by atoms with Crippen LogP contribution in [0.1, 0.15) is 24.0 Å². The van der Waals surface area contributed by atoms with Gasteiger partial charge in [-0.15, -0.1) is 0 Å². The van der Waals surface area contributed by atoms with E-state index in [2.05, 4.69) is 5.32 Å². The summed E-state index contributed by atoms with van der Waals surface area (Å²) < 4.78 is 18.9. The summed E-state index contributed by atoms with van der Waals surface area (Å²) in [6, 6.07) is 6.79. The van der Waals surface area contributed by atoms with Gasteiger partial charge >= 0.3 is 0 Å². The van der Waals surface area contributed by atoms with Gasteiger partial charge in [0, 0.05) is 24.8 Å². The molecule has 1 saturated heterocycles. The molecule has 1 atom stereocenters. The predicted octanol–water partition coefficient (Wildman–Crippen LogP) is 1.97. The van der Waals surface area contributed by atoms with E-state index in [0.29, 0.717) is 30.3 Å². The number of hydrogen-bond donors (Lipinski definition) is 1. The van der Waals surface area contributed by atoms with Gasteiger partial charge in [0.2, 0.25) is 0 Å². The summed E-state index contributed by atoms with van der Waals surface area (Å²) >= 11 is 0. The van der Waals surface area contributed by atoms with E-state index in [0.717, 1.165) is 19.4 Å². The summed E-state index contributed by atoms with van der Waals surface area (Å²) in [4.78, 5) is 0. The van der Waals surface area contributed by atoms with E-state index in [1.54, 1.807) is 12.1 Å². The van der Waals surface area contributed by atoms with Crippen LogP contribution in [0.3, 0.4) is 0 Å². The number of halogens is 1. The topological polar surface area (TPSA) is 45.0 Å². The van der Waals surface area contributed by atoms with Gasteiger partial charge < -0.3 is 10.1 Å². The Labute approximate surface area is 100 Å². The van der Waals surface area contributed by atoms with Gasteiger partial charge in [0.1, 0.15) is 5.82 Å². The molecule has 90 valence electrons. The van der Waals surface area contributed by atoms with Crippen molar-refractivity contribution in [3.05, 3.63) is 35.1 Å². The Morgan fingerprint density at radius 2 is 2.41 bits per heavy atom. The number of ether oxygens (including phenoxy) is 1. The van der Waals surface area contributed by atoms with Crippen LogP contribution in [0.2, 0.25) is 0 Å². The zero-order chi connectivity index (χ0) is 12.1. The molecule has 0 amide bonds. The van der Waals surface area contributed by atoms with Crippen molar-refractivity contribution in [3.8, 4) is 6.07 Å². The summed E-state index contributed by atoms with van der Waals surface area (Å²) in [6.07, 6.45) is 2.12. The SMILES string of the molecule is N#Cc1ccc(CNC2CCCOC2)c(F)c1. The summed E-state index contributed by atoms with van der Waals surface area (Å²) in [5, 5.41) is 11.9. The molecule has 1 N–H and O–H groups in total. The molecule has 1 aromatic rings. The first-order valence-electron chi connectivity index (χ1n) is 5.79. The smallest absolute Gasteiger partial charge is 0.129 e. The van der Waals surface area contributed by atoms with Crippen molar-refractivity contribution in [1.82, 2.24) is 5.32 Å². The van der Waals surface area contributed by atoms with Crippen LogP contribution in [0.25, 0.3) is 0 Å². The van der Waals surface area contributed by atoms with Crippen LogP contribution >= 0.6 is 0 Å². The summed E-state index contributed by atoms with van der Waals surface area (Å²) in [7, 11) is 0. The minimum Gasteiger partial charge on any atom is -0.380 e. The number of hydrogen-bond acceptors (Lipinski definition) is 3. The maximum absolute atomic E-state index is 13.6. The summed E-state index contributed by atoms with van der Waals surface area (Å²) in [6.45, 7) is 1.99. The normalized spacial score (nSPS) is 19.9. The first kappa shape index (κ1) is 12.0. The fraction of sp³-hybridized carbons (Fsp3) is 0.462. The highest BCUT2D eigenvalue weighted by Gasteiger charge is 2.13. The van der Waals surface area contributed by atoms with Gasteiger partial charge in [-0.1, -0.05) is 6.07 Å². The molecule has 0 saturated carbocycles. The third-order valence-electron chi connectivity index (χ3n) is 2.92. The van der Waals surface area contributed by atoms with Crippen LogP contribution < -0.4 is 5.32 Å². The average molecular weight is 234 g/mol. The molecule has 17 heavy (non-hydrogen) atoms. The fourth-order valence-corrected chi connectivity index (χ4v) is 1.92. The lowest BCUT2D eigenvalue weighted by molar-refractivity contribution is 0.0698. The lowest BCUT2D eigenvalue weighted by atomic mass is 10.1. The van der Waals surface area contributed by atoms with E-state index >= 15 is 0 Å². The Morgan fingerprint density at radius 1 is 1.53 bits per heavy atom. The van der Waals surface area contributed by atoms with E-state index in [1.807, 2.05) is 6.07 Å². The van der Waals surface area contributed by atoms with E-state index in [9.17, 15) is 4.39 Å². The van der Waals surface area contributed by atoms with E-state index < -0.39 is 0 Å². The number of nitriles is 1. The van der Waals surface area contributed by atoms with Gasteiger partial charge in [-0.05, 0) is 25.0 Å². The van der Waals surface area contributed by atoms with Gasteiger partial charge in [-0.25, -0.2) is 4.39 Å². The van der Waals surface area contributed by atoms with Crippen LogP contribution in [0, 0.1) is 17.1 Å². The fourth-order valence-electron chi connectivity index (χ4n) is 1.92. The minimum atomic E-state index is -0.326. The van der Waals surface area contributed by atoms with Crippen molar-refractivity contribution in [2.24, 2.45) is 0 Å². The molecule has 0 radical (unpaired) electrons. The Morgan fingerprint density at radius 3 is 3.06 bits per heavy atom. The van der Waals surface area contributed by atoms with Crippen molar-refractivity contribution in [1.29, 1.82) is 5.26 Å². The molecule has 1 aliphatic rings. The maximum Gasteiger partial charge on any atom is 0.129 e. The Hall–Kier alpha value is -1.44. The Balaban J connectivity index is 1.92. The lowest BCUT2D eigenvalue weighted by Gasteiger charge is -2.23. The van der Waals surface area contributed by atoms with Crippen molar-refractivity contribution >= 4 is 0 Å². The molecule has 0 spiro atoms. The first-order chi connectivity index (χ1) is 8.29. The van der Waals surface area contributed by atoms with Gasteiger partial charge in [-0.2, -0.15) is 5.26 Å². The van der Waals surface area contributed by atoms with Crippen molar-refractivity contribution < 1.29 is 9.13 Å². The zero-order valence-corrected chi connectivity index (χ0v) is 9.58. The predicted molar refractivity (Wildman–Crippen MR) is 61.8 cm³/mol. The average Bonchev–Trinajstić information content (AvgIpc) is 2.38. The van der Waals surface area contributed by atoms with Crippen molar-refractivity contribution in [2.75, 3.05) is 13.2 Å². The number of rotatable bonds is 3. The largest absolute Gasteiger partial charge is 0.380 e. The molecule has 1 heterocycles. The second kappa shape index (κ2) is 5.76. The van der Waals surface area contributed by atoms with Crippen LogP contribution in [0.4, 0.5) is 4.39 Å². The monoisotopic (exact) mass is 234 g/mol. The van der Waals surface area contributed by atoms with Crippen molar-refractivity contribution in [2.45, 2.75) is 25.4 Å². The van der Waals surface area contributed by atoms with Crippen LogP contribution in [0.5, 0.6) is 0 Å². The highest BCUT2D eigenvalue weighted by molar-refractivity contribution is 5.32. The third-order valence-corrected chi connectivity index (χ3v) is 2.92. The van der Waals surface area contributed by atoms with Crippen LogP contribution in [-0.2, 0) is 11.3 Å². The van der Waals surface area contributed by atoms with Crippen LogP contribution in [-0.4, -0.2) is 19.3 Å². The van der Waals surface area contributed by atoms with Crippen LogP contribution in [0.15, 0.2) is 18.2 Å². The maximum atomic E-state index is 13.6. The van der Waals surface area contributed by atoms with E-state index in [-0.39, 0.29) is 5.82 Å². The number of nitrogens with zero attached hydrogens (tertiary/aromatic N) is 1. The van der Waals surface area contributed by atoms with Gasteiger partial charge in [0.25, 0.3) is 0 Å². The molecule has 0 aliphatic carbocycles. The highest BCUT2D eigenvalue weighted by atomic mass is 19.1. The zero-order valence-electron chi connectivity index (χ0n) is 9.58. The van der Waals surface area contributed by atoms with Gasteiger partial charge in [0.05, 0.1) is 18.2 Å². The molecule has 1 unspecified atom stereocenters. The second-order valence-corrected chi connectivity index (χ2v) is 4.21. The lowest BCUT2D eigenvalue weighted by Crippen LogP contribution is -2.36. The summed E-state index contributed by atoms with van der Waals surface area (Å²) in [5.41, 5.74) is 0.946. The molecule has 1 aliphatic heterocycles. The number of benzene rings is 1. The molecule has 0 aromatic heterocycles. The van der Waals surface area contributed by atoms with Crippen molar-refractivity contribution in [3.63, 3.8) is 0 Å². The molecule has 2 rings (SSSR count). The standard InChI is InChI=1S/C13H15FN2O/c14-13-6-10(7-15)3-4-11(13)8-16-12-2-1-5-17-9-12/h3-4,6,12,16H,1-2,5,8-9H2. The first-order valence-corrected chi connectivity index (χ1v) is 5.79. The highest BCUT2D eigenvalue weighted by Crippen LogP contribution is 2.11. The molecule has 1 fully saturated rings. The quantitative estimate of drug-likeness (QED) is 0.869. The molecular formula is C13H15FN2O. The minimum absolute atomic E-state index is 0.304. The molecular weight excluding hydrogens is 219 g/mol. The molecule has 4 heteroatoms. The van der Waals surface area contributed by atoms with Gasteiger partial charge in [0.15, 0.2) is 0 Å². The third kappa shape index (κ3) is 3.26. The second-order valence-electron chi connectivity index (χ2n) is 4.21. The van der Waals surface area contributed by atoms with Gasteiger partial charge in [-0.3, -0.25) is 0 Å². The molecule has 0 bridgehead atoms. The summed E-state index contributed by atoms with van der Waals surface area (Å²) in [5.74, 6) is -0.326. The Kier molecular flexibility index (Phi) is 4.08. The Bertz CT molecular complexity index is 422. The molecule has 3 nitrogen and oxygen atoms in total. The van der Waals surface area contributed by atoms with E-state index in [1.165, 1.54) is 6.07 Å².